The van der Waals surface area contributed by atoms with E-state index in [1.165, 1.54) is 27.7 Å². The molecule has 27 heavy (non-hydrogen) atoms. The number of allylic oxidation sites excluding steroid dienone is 4. The monoisotopic (exact) mass is 376 g/mol. The Morgan fingerprint density at radius 1 is 1.26 bits per heavy atom. The predicted molar refractivity (Wildman–Crippen MR) is 116 cm³/mol. The molecule has 0 bridgehead atoms. The van der Waals surface area contributed by atoms with Gasteiger partial charge in [-0.2, -0.15) is 0 Å². The number of amides is 1. The van der Waals surface area contributed by atoms with E-state index in [2.05, 4.69) is 65.8 Å². The van der Waals surface area contributed by atoms with E-state index in [0.29, 0.717) is 17.5 Å². The van der Waals surface area contributed by atoms with Gasteiger partial charge in [0.25, 0.3) is 0 Å². The first-order valence-electron chi connectivity index (χ1n) is 9.30. The normalized spacial score (nSPS) is 16.3. The molecular weight excluding hydrogens is 352 g/mol. The average molecular weight is 377 g/mol. The van der Waals surface area contributed by atoms with E-state index < -0.39 is 0 Å². The first kappa shape index (κ1) is 17.7. The smallest absolute Gasteiger partial charge is 0.226 e. The summed E-state index contributed by atoms with van der Waals surface area (Å²) < 4.78 is 0. The molecular formula is C23H24N2OS. The third-order valence-electron chi connectivity index (χ3n) is 4.82. The molecule has 1 aliphatic carbocycles. The Bertz CT molecular complexity index is 1030. The van der Waals surface area contributed by atoms with Crippen LogP contribution in [0.4, 0.5) is 5.13 Å². The van der Waals surface area contributed by atoms with Crippen molar-refractivity contribution >= 4 is 38.7 Å². The van der Waals surface area contributed by atoms with Crippen molar-refractivity contribution in [2.75, 3.05) is 5.32 Å². The summed E-state index contributed by atoms with van der Waals surface area (Å²) in [6, 6.07) is 14.5. The van der Waals surface area contributed by atoms with Crippen LogP contribution in [0.3, 0.4) is 0 Å². The van der Waals surface area contributed by atoms with Crippen molar-refractivity contribution < 1.29 is 6.22 Å². The Morgan fingerprint density at radius 2 is 2.11 bits per heavy atom. The highest BCUT2D eigenvalue weighted by Gasteiger charge is 2.12. The number of nitrogens with zero attached hydrogens (tertiary/aromatic N) is 1. The van der Waals surface area contributed by atoms with Gasteiger partial charge in [-0.3, -0.25) is 4.79 Å². The molecule has 1 aromatic heterocycles. The molecule has 1 heterocycles. The van der Waals surface area contributed by atoms with E-state index in [1.807, 2.05) is 17.5 Å². The Balaban J connectivity index is 0.00000225. The minimum absolute atomic E-state index is 0. The number of rotatable bonds is 5. The van der Waals surface area contributed by atoms with Crippen LogP contribution in [0.5, 0.6) is 0 Å². The van der Waals surface area contributed by atoms with Crippen LogP contribution in [-0.4, -0.2) is 10.9 Å². The van der Waals surface area contributed by atoms with Gasteiger partial charge in [0.05, 0.1) is 5.69 Å². The van der Waals surface area contributed by atoms with Gasteiger partial charge in [0.2, 0.25) is 5.91 Å². The van der Waals surface area contributed by atoms with Gasteiger partial charge in [-0.15, -0.1) is 11.3 Å². The average Bonchev–Trinajstić information content (AvgIpc) is 3.15. The largest absolute Gasteiger partial charge is 0.302 e. The Morgan fingerprint density at radius 3 is 3.00 bits per heavy atom. The van der Waals surface area contributed by atoms with E-state index in [1.54, 1.807) is 0 Å². The summed E-state index contributed by atoms with van der Waals surface area (Å²) in [4.78, 5) is 17.0. The maximum Gasteiger partial charge on any atom is 0.226 e. The van der Waals surface area contributed by atoms with Crippen LogP contribution in [0.1, 0.15) is 32.4 Å². The standard InChI is InChI=1S/C23H22N2OS.H2/c1-16-6-4-10-19(14-16)21-15-27-23(24-21)25-22(26)13-12-18-9-5-8-17-7-2-3-11-20(17)18;/h2-5,7-11,14-16H,6,12-13H2,1H3,(H,24,25,26);1H. The molecule has 4 heteroatoms. The van der Waals surface area contributed by atoms with Crippen molar-refractivity contribution in [3.05, 3.63) is 77.3 Å². The minimum Gasteiger partial charge on any atom is -0.302 e. The summed E-state index contributed by atoms with van der Waals surface area (Å²) in [6.07, 6.45) is 8.77. The van der Waals surface area contributed by atoms with Crippen molar-refractivity contribution in [1.82, 2.24) is 4.98 Å². The molecule has 0 radical (unpaired) electrons. The fourth-order valence-electron chi connectivity index (χ4n) is 3.41. The van der Waals surface area contributed by atoms with Crippen LogP contribution < -0.4 is 5.32 Å². The van der Waals surface area contributed by atoms with Gasteiger partial charge < -0.3 is 5.32 Å². The summed E-state index contributed by atoms with van der Waals surface area (Å²) in [7, 11) is 0. The molecule has 4 rings (SSSR count). The van der Waals surface area contributed by atoms with Crippen LogP contribution in [0.25, 0.3) is 16.3 Å². The molecule has 138 valence electrons. The van der Waals surface area contributed by atoms with E-state index >= 15 is 0 Å². The van der Waals surface area contributed by atoms with Crippen LogP contribution in [0.15, 0.2) is 66.1 Å². The summed E-state index contributed by atoms with van der Waals surface area (Å²) in [5.41, 5.74) is 3.28. The molecule has 0 fully saturated rings. The number of hydrogen-bond acceptors (Lipinski definition) is 3. The first-order chi connectivity index (χ1) is 13.2. The van der Waals surface area contributed by atoms with Crippen molar-refractivity contribution in [2.45, 2.75) is 26.2 Å². The number of thiazole rings is 1. The molecule has 0 saturated heterocycles. The number of nitrogens with one attached hydrogen (secondary N) is 1. The highest BCUT2D eigenvalue weighted by atomic mass is 32.1. The molecule has 0 saturated carbocycles. The molecule has 2 aromatic carbocycles. The second-order valence-electron chi connectivity index (χ2n) is 6.96. The van der Waals surface area contributed by atoms with Gasteiger partial charge in [-0.05, 0) is 40.7 Å². The number of hydrogen-bond donors (Lipinski definition) is 1. The zero-order valence-corrected chi connectivity index (χ0v) is 16.1. The molecule has 1 unspecified atom stereocenters. The fourth-order valence-corrected chi connectivity index (χ4v) is 4.15. The SMILES string of the molecule is CC1C=C(c2csc(NC(=O)CCc3cccc4ccccc34)n2)C=CC1.[HH]. The number of aryl methyl sites for hydroxylation is 1. The van der Waals surface area contributed by atoms with Crippen LogP contribution in [-0.2, 0) is 11.2 Å². The number of aromatic nitrogens is 1. The number of benzene rings is 2. The van der Waals surface area contributed by atoms with Gasteiger partial charge in [0.1, 0.15) is 0 Å². The van der Waals surface area contributed by atoms with Crippen molar-refractivity contribution in [2.24, 2.45) is 5.92 Å². The topological polar surface area (TPSA) is 42.0 Å². The maximum absolute atomic E-state index is 12.4. The Kier molecular flexibility index (Phi) is 5.16. The zero-order chi connectivity index (χ0) is 18.6. The molecule has 3 nitrogen and oxygen atoms in total. The second kappa shape index (κ2) is 7.89. The maximum atomic E-state index is 12.4. The first-order valence-corrected chi connectivity index (χ1v) is 10.2. The number of carbonyl (C=O) groups excluding carboxylic acids is 1. The molecule has 1 aliphatic rings. The van der Waals surface area contributed by atoms with Gasteiger partial charge in [0.15, 0.2) is 5.13 Å². The van der Waals surface area contributed by atoms with Crippen LogP contribution >= 0.6 is 11.3 Å². The molecule has 3 aromatic rings. The van der Waals surface area contributed by atoms with Gasteiger partial charge in [-0.1, -0.05) is 67.6 Å². The lowest BCUT2D eigenvalue weighted by Gasteiger charge is -2.10. The summed E-state index contributed by atoms with van der Waals surface area (Å²) >= 11 is 1.48. The third-order valence-corrected chi connectivity index (χ3v) is 5.57. The lowest BCUT2D eigenvalue weighted by Crippen LogP contribution is -2.12. The van der Waals surface area contributed by atoms with Gasteiger partial charge >= 0.3 is 0 Å². The minimum atomic E-state index is 0. The second-order valence-corrected chi connectivity index (χ2v) is 7.82. The molecule has 0 aliphatic heterocycles. The van der Waals surface area contributed by atoms with Crippen molar-refractivity contribution in [3.63, 3.8) is 0 Å². The van der Waals surface area contributed by atoms with Gasteiger partial charge in [-0.25, -0.2) is 4.98 Å². The molecule has 1 N–H and O–H groups in total. The number of fused-ring (bicyclic) bond motifs is 1. The number of carbonyl (C=O) groups is 1. The lowest BCUT2D eigenvalue weighted by atomic mass is 9.97. The lowest BCUT2D eigenvalue weighted by molar-refractivity contribution is -0.116. The van der Waals surface area contributed by atoms with Crippen molar-refractivity contribution in [3.8, 4) is 0 Å². The summed E-state index contributed by atoms with van der Waals surface area (Å²) in [5.74, 6) is 0.538. The predicted octanol–water partition coefficient (Wildman–Crippen LogP) is 6.09. The van der Waals surface area contributed by atoms with E-state index in [0.717, 1.165) is 24.1 Å². The highest BCUT2D eigenvalue weighted by Crippen LogP contribution is 2.27. The fraction of sp³-hybridized carbons (Fsp3) is 0.217. The number of anilines is 1. The quantitative estimate of drug-likeness (QED) is 0.585. The summed E-state index contributed by atoms with van der Waals surface area (Å²) in [6.45, 7) is 2.20. The van der Waals surface area contributed by atoms with Gasteiger partial charge in [0, 0.05) is 13.2 Å². The highest BCUT2D eigenvalue weighted by molar-refractivity contribution is 7.14. The molecule has 0 spiro atoms. The molecule has 1 amide bonds. The van der Waals surface area contributed by atoms with E-state index in [9.17, 15) is 4.79 Å². The summed E-state index contributed by atoms with van der Waals surface area (Å²) in [5, 5.41) is 8.05. The van der Waals surface area contributed by atoms with Crippen LogP contribution in [0.2, 0.25) is 0 Å². The Hall–Kier alpha value is -2.72. The Labute approximate surface area is 164 Å². The third kappa shape index (κ3) is 4.17. The van der Waals surface area contributed by atoms with Crippen LogP contribution in [0, 0.1) is 5.92 Å². The zero-order valence-electron chi connectivity index (χ0n) is 15.3. The van der Waals surface area contributed by atoms with E-state index in [4.69, 9.17) is 0 Å². The van der Waals surface area contributed by atoms with E-state index in [-0.39, 0.29) is 7.33 Å². The van der Waals surface area contributed by atoms with Crippen molar-refractivity contribution in [1.29, 1.82) is 0 Å². The molecule has 1 atom stereocenters.